The van der Waals surface area contributed by atoms with Crippen molar-refractivity contribution in [1.29, 1.82) is 0 Å². The summed E-state index contributed by atoms with van der Waals surface area (Å²) in [7, 11) is 0. The number of unbranched alkanes of at least 4 members (excludes halogenated alkanes) is 1. The Bertz CT molecular complexity index is 964. The van der Waals surface area contributed by atoms with Crippen molar-refractivity contribution in [2.24, 2.45) is 40.4 Å². The number of carboxylic acid groups (broad SMARTS) is 1. The van der Waals surface area contributed by atoms with Crippen molar-refractivity contribution in [2.45, 2.75) is 130 Å². The van der Waals surface area contributed by atoms with Gasteiger partial charge in [-0.15, -0.1) is 0 Å². The van der Waals surface area contributed by atoms with Gasteiger partial charge in [-0.25, -0.2) is 0 Å². The number of carboxylic acids is 1. The Morgan fingerprint density at radius 3 is 2.74 bits per heavy atom. The molecule has 1 N–H and O–H groups in total. The summed E-state index contributed by atoms with van der Waals surface area (Å²) in [5.41, 5.74) is 3.92. The summed E-state index contributed by atoms with van der Waals surface area (Å²) in [4.78, 5) is 10.9. The van der Waals surface area contributed by atoms with Gasteiger partial charge in [0.15, 0.2) is 6.29 Å². The second-order valence-corrected chi connectivity index (χ2v) is 13.9. The lowest BCUT2D eigenvalue weighted by Crippen LogP contribution is -2.50. The lowest BCUT2D eigenvalue weighted by molar-refractivity contribution is -0.188. The average molecular weight is 525 g/mol. The third kappa shape index (κ3) is 5.21. The fourth-order valence-corrected chi connectivity index (χ4v) is 9.68. The molecule has 4 heteroatoms. The molecule has 1 aliphatic heterocycles. The van der Waals surface area contributed by atoms with E-state index in [2.05, 4.69) is 58.9 Å². The van der Waals surface area contributed by atoms with Crippen LogP contribution < -0.4 is 0 Å². The molecule has 4 aliphatic carbocycles. The summed E-state index contributed by atoms with van der Waals surface area (Å²) in [6.07, 6.45) is 22.8. The Morgan fingerprint density at radius 1 is 1.16 bits per heavy atom. The van der Waals surface area contributed by atoms with Crippen LogP contribution in [0.15, 0.2) is 35.5 Å². The predicted octanol–water partition coefficient (Wildman–Crippen LogP) is 8.48. The number of ether oxygens (including phenoxy) is 2. The highest BCUT2D eigenvalue weighted by atomic mass is 16.7. The number of allylic oxidation sites excluding steroid dienone is 3. The minimum Gasteiger partial charge on any atom is -0.481 e. The van der Waals surface area contributed by atoms with Crippen molar-refractivity contribution >= 4 is 5.97 Å². The highest BCUT2D eigenvalue weighted by Crippen LogP contribution is 2.67. The SMILES string of the molecule is CC[C@H]1OC(O[C@H]2CC[C@@]3(C)C(=CCC4C3CC[C@@]3(C)C4CC[C@@H]3/C(C)=C/CCCC(=O)O)C2)C=C[C@@H]1C. The molecule has 0 radical (unpaired) electrons. The van der Waals surface area contributed by atoms with Gasteiger partial charge in [0.25, 0.3) is 0 Å². The summed E-state index contributed by atoms with van der Waals surface area (Å²) < 4.78 is 12.8. The fraction of sp³-hybridized carbons (Fsp3) is 0.794. The van der Waals surface area contributed by atoms with Gasteiger partial charge in [0.1, 0.15) is 0 Å². The summed E-state index contributed by atoms with van der Waals surface area (Å²) in [5, 5.41) is 8.97. The maximum atomic E-state index is 10.9. The van der Waals surface area contributed by atoms with Crippen LogP contribution in [0.25, 0.3) is 0 Å². The first-order valence-electron chi connectivity index (χ1n) is 15.7. The van der Waals surface area contributed by atoms with Gasteiger partial charge in [-0.1, -0.05) is 57.1 Å². The molecule has 38 heavy (non-hydrogen) atoms. The zero-order valence-electron chi connectivity index (χ0n) is 24.6. The Labute approximate surface area is 231 Å². The maximum absolute atomic E-state index is 10.9. The van der Waals surface area contributed by atoms with Crippen LogP contribution in [0.1, 0.15) is 112 Å². The fourth-order valence-electron chi connectivity index (χ4n) is 9.68. The van der Waals surface area contributed by atoms with E-state index in [0.29, 0.717) is 22.7 Å². The molecule has 4 unspecified atom stereocenters. The van der Waals surface area contributed by atoms with E-state index in [4.69, 9.17) is 14.6 Å². The summed E-state index contributed by atoms with van der Waals surface area (Å²) in [6.45, 7) is 11.9. The van der Waals surface area contributed by atoms with Crippen LogP contribution in [-0.2, 0) is 14.3 Å². The van der Waals surface area contributed by atoms with Gasteiger partial charge in [-0.3, -0.25) is 4.79 Å². The molecule has 10 atom stereocenters. The molecule has 4 nitrogen and oxygen atoms in total. The van der Waals surface area contributed by atoms with Crippen molar-refractivity contribution in [2.75, 3.05) is 0 Å². The van der Waals surface area contributed by atoms with E-state index in [9.17, 15) is 4.79 Å². The van der Waals surface area contributed by atoms with Crippen LogP contribution in [0.4, 0.5) is 0 Å². The van der Waals surface area contributed by atoms with Gasteiger partial charge >= 0.3 is 5.97 Å². The van der Waals surface area contributed by atoms with E-state index in [-0.39, 0.29) is 24.9 Å². The third-order valence-corrected chi connectivity index (χ3v) is 11.9. The summed E-state index contributed by atoms with van der Waals surface area (Å²) in [6, 6.07) is 0. The Hall–Kier alpha value is -1.39. The van der Waals surface area contributed by atoms with Crippen LogP contribution in [0.2, 0.25) is 0 Å². The van der Waals surface area contributed by atoms with Gasteiger partial charge in [-0.05, 0) is 118 Å². The van der Waals surface area contributed by atoms with Crippen molar-refractivity contribution in [1.82, 2.24) is 0 Å². The van der Waals surface area contributed by atoms with Crippen molar-refractivity contribution in [3.05, 3.63) is 35.5 Å². The molecule has 1 heterocycles. The first kappa shape index (κ1) is 28.1. The van der Waals surface area contributed by atoms with E-state index in [1.807, 2.05) is 0 Å². The molecule has 3 saturated carbocycles. The smallest absolute Gasteiger partial charge is 0.303 e. The van der Waals surface area contributed by atoms with E-state index in [1.165, 1.54) is 44.1 Å². The van der Waals surface area contributed by atoms with E-state index in [0.717, 1.165) is 49.9 Å². The number of hydrogen-bond donors (Lipinski definition) is 1. The quantitative estimate of drug-likeness (QED) is 0.255. The van der Waals surface area contributed by atoms with Gasteiger partial charge in [0, 0.05) is 12.3 Å². The molecular weight excluding hydrogens is 472 g/mol. The highest BCUT2D eigenvalue weighted by molar-refractivity contribution is 5.66. The average Bonchev–Trinajstić information content (AvgIpc) is 3.25. The lowest BCUT2D eigenvalue weighted by Gasteiger charge is -2.58. The maximum Gasteiger partial charge on any atom is 0.303 e. The second kappa shape index (κ2) is 11.2. The molecule has 0 saturated heterocycles. The first-order chi connectivity index (χ1) is 18.2. The molecule has 5 rings (SSSR count). The molecule has 0 aromatic heterocycles. The van der Waals surface area contributed by atoms with Gasteiger partial charge in [-0.2, -0.15) is 0 Å². The Morgan fingerprint density at radius 2 is 1.97 bits per heavy atom. The highest BCUT2D eigenvalue weighted by Gasteiger charge is 2.58. The monoisotopic (exact) mass is 524 g/mol. The van der Waals surface area contributed by atoms with Gasteiger partial charge in [0.05, 0.1) is 12.2 Å². The topological polar surface area (TPSA) is 55.8 Å². The number of hydrogen-bond acceptors (Lipinski definition) is 3. The lowest BCUT2D eigenvalue weighted by atomic mass is 9.47. The van der Waals surface area contributed by atoms with Crippen LogP contribution in [0.3, 0.4) is 0 Å². The van der Waals surface area contributed by atoms with Crippen LogP contribution >= 0.6 is 0 Å². The molecule has 212 valence electrons. The summed E-state index contributed by atoms with van der Waals surface area (Å²) >= 11 is 0. The number of aliphatic carboxylic acids is 1. The normalized spacial score (nSPS) is 44.7. The number of rotatable bonds is 8. The first-order valence-corrected chi connectivity index (χ1v) is 15.7. The number of carbonyl (C=O) groups is 1. The predicted molar refractivity (Wildman–Crippen MR) is 153 cm³/mol. The zero-order valence-corrected chi connectivity index (χ0v) is 24.6. The summed E-state index contributed by atoms with van der Waals surface area (Å²) in [5.74, 6) is 2.87. The third-order valence-electron chi connectivity index (χ3n) is 11.9. The molecule has 3 fully saturated rings. The van der Waals surface area contributed by atoms with Crippen molar-refractivity contribution in [3.63, 3.8) is 0 Å². The van der Waals surface area contributed by atoms with E-state index < -0.39 is 5.97 Å². The zero-order chi connectivity index (χ0) is 27.1. The number of fused-ring (bicyclic) bond motifs is 5. The second-order valence-electron chi connectivity index (χ2n) is 13.9. The largest absolute Gasteiger partial charge is 0.481 e. The molecule has 5 aliphatic rings. The Balaban J connectivity index is 1.24. The van der Waals surface area contributed by atoms with Crippen LogP contribution in [-0.4, -0.2) is 29.6 Å². The van der Waals surface area contributed by atoms with Crippen LogP contribution in [0, 0.1) is 40.4 Å². The van der Waals surface area contributed by atoms with Crippen molar-refractivity contribution < 1.29 is 19.4 Å². The van der Waals surface area contributed by atoms with Crippen molar-refractivity contribution in [3.8, 4) is 0 Å². The van der Waals surface area contributed by atoms with Gasteiger partial charge in [0.2, 0.25) is 0 Å². The standard InChI is InChI=1S/C34H52O4/c1-6-30-23(3)11-16-32(38-30)37-25-17-19-33(4)24(21-25)12-13-26-28-15-14-27(34(28,5)20-18-29(26)33)22(2)9-7-8-10-31(35)36/h9,11-12,16,23,25-30,32H,6-8,10,13-15,17-21H2,1-5H3,(H,35,36)/b22-9+/t23-,25-,26?,27+,28?,29?,30+,32?,33-,34+/m0/s1. The van der Waals surface area contributed by atoms with Crippen LogP contribution in [0.5, 0.6) is 0 Å². The minimum absolute atomic E-state index is 0.186. The van der Waals surface area contributed by atoms with E-state index >= 15 is 0 Å². The molecule has 0 bridgehead atoms. The van der Waals surface area contributed by atoms with E-state index in [1.54, 1.807) is 5.57 Å². The Kier molecular flexibility index (Phi) is 8.32. The molecular formula is C34H52O4. The molecule has 0 amide bonds. The molecule has 0 aromatic carbocycles. The minimum atomic E-state index is -0.681. The van der Waals surface area contributed by atoms with Gasteiger partial charge < -0.3 is 14.6 Å². The molecule has 0 spiro atoms. The molecule has 0 aromatic rings.